The SMILES string of the molecule is CC1CCC(NC2c3ccccc3Oc3ccccc32)C1. The number of hydrogen-bond acceptors (Lipinski definition) is 2. The lowest BCUT2D eigenvalue weighted by Crippen LogP contribution is -2.33. The van der Waals surface area contributed by atoms with Gasteiger partial charge < -0.3 is 10.1 Å². The molecule has 0 spiro atoms. The Balaban J connectivity index is 1.71. The normalized spacial score (nSPS) is 24.2. The standard InChI is InChI=1S/C19H21NO/c1-13-10-11-14(12-13)20-19-15-6-2-4-8-17(15)21-18-9-5-3-7-16(18)19/h2-9,13-14,19-20H,10-12H2,1H3. The van der Waals surface area contributed by atoms with Crippen molar-refractivity contribution in [2.75, 3.05) is 0 Å². The van der Waals surface area contributed by atoms with E-state index in [2.05, 4.69) is 48.6 Å². The highest BCUT2D eigenvalue weighted by molar-refractivity contribution is 5.52. The first-order valence-corrected chi connectivity index (χ1v) is 7.93. The van der Waals surface area contributed by atoms with E-state index in [1.165, 1.54) is 30.4 Å². The molecule has 2 atom stereocenters. The fourth-order valence-electron chi connectivity index (χ4n) is 3.68. The van der Waals surface area contributed by atoms with E-state index in [1.807, 2.05) is 12.1 Å². The van der Waals surface area contributed by atoms with Crippen LogP contribution in [-0.4, -0.2) is 6.04 Å². The van der Waals surface area contributed by atoms with Gasteiger partial charge in [0, 0.05) is 17.2 Å². The fraction of sp³-hybridized carbons (Fsp3) is 0.368. The highest BCUT2D eigenvalue weighted by Gasteiger charge is 2.30. The number of ether oxygens (including phenoxy) is 1. The van der Waals surface area contributed by atoms with Crippen molar-refractivity contribution >= 4 is 0 Å². The summed E-state index contributed by atoms with van der Waals surface area (Å²) in [6.07, 6.45) is 3.90. The van der Waals surface area contributed by atoms with Gasteiger partial charge in [-0.1, -0.05) is 43.3 Å². The van der Waals surface area contributed by atoms with Gasteiger partial charge in [-0.2, -0.15) is 0 Å². The van der Waals surface area contributed by atoms with E-state index >= 15 is 0 Å². The van der Waals surface area contributed by atoms with Crippen LogP contribution in [0.25, 0.3) is 0 Å². The monoisotopic (exact) mass is 279 g/mol. The van der Waals surface area contributed by atoms with Crippen LogP contribution in [0.4, 0.5) is 0 Å². The zero-order valence-electron chi connectivity index (χ0n) is 12.4. The maximum atomic E-state index is 6.05. The molecule has 2 aromatic carbocycles. The number of para-hydroxylation sites is 2. The smallest absolute Gasteiger partial charge is 0.132 e. The molecule has 1 aliphatic heterocycles. The molecule has 0 saturated heterocycles. The molecule has 2 aliphatic rings. The molecule has 2 heteroatoms. The van der Waals surface area contributed by atoms with Crippen LogP contribution in [-0.2, 0) is 0 Å². The average molecular weight is 279 g/mol. The number of nitrogens with one attached hydrogen (secondary N) is 1. The molecule has 4 rings (SSSR count). The van der Waals surface area contributed by atoms with E-state index in [4.69, 9.17) is 4.74 Å². The van der Waals surface area contributed by atoms with E-state index < -0.39 is 0 Å². The van der Waals surface area contributed by atoms with Gasteiger partial charge in [0.15, 0.2) is 0 Å². The van der Waals surface area contributed by atoms with Crippen molar-refractivity contribution in [3.8, 4) is 11.5 Å². The molecular weight excluding hydrogens is 258 g/mol. The zero-order chi connectivity index (χ0) is 14.2. The molecule has 1 saturated carbocycles. The molecule has 2 nitrogen and oxygen atoms in total. The zero-order valence-corrected chi connectivity index (χ0v) is 12.4. The van der Waals surface area contributed by atoms with Gasteiger partial charge in [0.1, 0.15) is 11.5 Å². The van der Waals surface area contributed by atoms with E-state index in [1.54, 1.807) is 0 Å². The maximum Gasteiger partial charge on any atom is 0.132 e. The molecule has 21 heavy (non-hydrogen) atoms. The van der Waals surface area contributed by atoms with Crippen molar-refractivity contribution < 1.29 is 4.74 Å². The van der Waals surface area contributed by atoms with Crippen LogP contribution in [0.15, 0.2) is 48.5 Å². The van der Waals surface area contributed by atoms with Gasteiger partial charge in [-0.25, -0.2) is 0 Å². The molecule has 0 bridgehead atoms. The lowest BCUT2D eigenvalue weighted by Gasteiger charge is -2.31. The van der Waals surface area contributed by atoms with E-state index in [-0.39, 0.29) is 6.04 Å². The first-order chi connectivity index (χ1) is 10.3. The molecule has 1 N–H and O–H groups in total. The Kier molecular flexibility index (Phi) is 3.19. The van der Waals surface area contributed by atoms with Crippen molar-refractivity contribution in [1.29, 1.82) is 0 Å². The van der Waals surface area contributed by atoms with Crippen LogP contribution < -0.4 is 10.1 Å². The van der Waals surface area contributed by atoms with E-state index in [0.717, 1.165) is 17.4 Å². The van der Waals surface area contributed by atoms with Gasteiger partial charge in [-0.15, -0.1) is 0 Å². The van der Waals surface area contributed by atoms with Crippen LogP contribution in [0.5, 0.6) is 11.5 Å². The molecule has 2 unspecified atom stereocenters. The van der Waals surface area contributed by atoms with Gasteiger partial charge in [0.05, 0.1) is 6.04 Å². The number of hydrogen-bond donors (Lipinski definition) is 1. The van der Waals surface area contributed by atoms with E-state index in [9.17, 15) is 0 Å². The number of benzene rings is 2. The Morgan fingerprint density at radius 1 is 0.905 bits per heavy atom. The summed E-state index contributed by atoms with van der Waals surface area (Å²) >= 11 is 0. The first kappa shape index (κ1) is 12.9. The second kappa shape index (κ2) is 5.19. The molecule has 0 aromatic heterocycles. The molecule has 108 valence electrons. The quantitative estimate of drug-likeness (QED) is 0.863. The van der Waals surface area contributed by atoms with Gasteiger partial charge in [-0.3, -0.25) is 0 Å². The van der Waals surface area contributed by atoms with Crippen molar-refractivity contribution in [3.63, 3.8) is 0 Å². The summed E-state index contributed by atoms with van der Waals surface area (Å²) < 4.78 is 6.05. The molecule has 0 amide bonds. The van der Waals surface area contributed by atoms with Crippen molar-refractivity contribution in [3.05, 3.63) is 59.7 Å². The second-order valence-corrected chi connectivity index (χ2v) is 6.39. The first-order valence-electron chi connectivity index (χ1n) is 7.93. The summed E-state index contributed by atoms with van der Waals surface area (Å²) in [5.41, 5.74) is 2.52. The Morgan fingerprint density at radius 2 is 1.52 bits per heavy atom. The largest absolute Gasteiger partial charge is 0.457 e. The van der Waals surface area contributed by atoms with Crippen molar-refractivity contribution in [1.82, 2.24) is 5.32 Å². The summed E-state index contributed by atoms with van der Waals surface area (Å²) in [6, 6.07) is 17.6. The summed E-state index contributed by atoms with van der Waals surface area (Å²) in [4.78, 5) is 0. The molecule has 0 radical (unpaired) electrons. The van der Waals surface area contributed by atoms with Gasteiger partial charge in [0.25, 0.3) is 0 Å². The highest BCUT2D eigenvalue weighted by atomic mass is 16.5. The lowest BCUT2D eigenvalue weighted by molar-refractivity contribution is 0.400. The summed E-state index contributed by atoms with van der Waals surface area (Å²) in [6.45, 7) is 2.35. The second-order valence-electron chi connectivity index (χ2n) is 6.39. The molecule has 1 aliphatic carbocycles. The number of rotatable bonds is 2. The number of fused-ring (bicyclic) bond motifs is 2. The third kappa shape index (κ3) is 2.34. The Bertz CT molecular complexity index is 606. The van der Waals surface area contributed by atoms with Crippen molar-refractivity contribution in [2.45, 2.75) is 38.3 Å². The minimum atomic E-state index is 0.251. The van der Waals surface area contributed by atoms with Crippen LogP contribution in [0.1, 0.15) is 43.4 Å². The maximum absolute atomic E-state index is 6.05. The van der Waals surface area contributed by atoms with Crippen LogP contribution in [0, 0.1) is 5.92 Å². The third-order valence-corrected chi connectivity index (χ3v) is 4.78. The molecular formula is C19H21NO. The van der Waals surface area contributed by atoms with Crippen LogP contribution in [0.3, 0.4) is 0 Å². The predicted molar refractivity (Wildman–Crippen MR) is 84.7 cm³/mol. The summed E-state index contributed by atoms with van der Waals surface area (Å²) in [7, 11) is 0. The van der Waals surface area contributed by atoms with E-state index in [0.29, 0.717) is 6.04 Å². The predicted octanol–water partition coefficient (Wildman–Crippen LogP) is 4.66. The van der Waals surface area contributed by atoms with Crippen LogP contribution in [0.2, 0.25) is 0 Å². The van der Waals surface area contributed by atoms with Gasteiger partial charge in [-0.05, 0) is 37.3 Å². The molecule has 1 fully saturated rings. The van der Waals surface area contributed by atoms with Gasteiger partial charge in [0.2, 0.25) is 0 Å². The average Bonchev–Trinajstić information content (AvgIpc) is 2.92. The minimum absolute atomic E-state index is 0.251. The molecule has 1 heterocycles. The highest BCUT2D eigenvalue weighted by Crippen LogP contribution is 2.43. The third-order valence-electron chi connectivity index (χ3n) is 4.78. The lowest BCUT2D eigenvalue weighted by atomic mass is 9.93. The Labute approximate surface area is 126 Å². The summed E-state index contributed by atoms with van der Waals surface area (Å²) in [5, 5.41) is 3.88. The van der Waals surface area contributed by atoms with Crippen molar-refractivity contribution in [2.24, 2.45) is 5.92 Å². The minimum Gasteiger partial charge on any atom is -0.457 e. The van der Waals surface area contributed by atoms with Crippen LogP contribution >= 0.6 is 0 Å². The molecule has 2 aromatic rings. The summed E-state index contributed by atoms with van der Waals surface area (Å²) in [5.74, 6) is 2.81. The topological polar surface area (TPSA) is 21.3 Å². The Morgan fingerprint density at radius 3 is 2.10 bits per heavy atom. The van der Waals surface area contributed by atoms with Gasteiger partial charge >= 0.3 is 0 Å². The fourth-order valence-corrected chi connectivity index (χ4v) is 3.68. The Hall–Kier alpha value is -1.80.